The van der Waals surface area contributed by atoms with Crippen molar-refractivity contribution in [3.63, 3.8) is 0 Å². The zero-order valence-electron chi connectivity index (χ0n) is 15.0. The summed E-state index contributed by atoms with van der Waals surface area (Å²) in [6.07, 6.45) is 3.77. The van der Waals surface area contributed by atoms with Crippen molar-refractivity contribution in [2.24, 2.45) is 5.73 Å². The number of para-hydroxylation sites is 1. The van der Waals surface area contributed by atoms with Gasteiger partial charge in [-0.3, -0.25) is 0 Å². The molecule has 1 aliphatic rings. The smallest absolute Gasteiger partial charge is 0.354 e. The van der Waals surface area contributed by atoms with Crippen LogP contribution >= 0.6 is 0 Å². The summed E-state index contributed by atoms with van der Waals surface area (Å²) in [4.78, 5) is 13.1. The Morgan fingerprint density at radius 2 is 1.85 bits per heavy atom. The first-order chi connectivity index (χ1) is 13.0. The number of anilines is 1. The fraction of sp³-hybridized carbons (Fsp3) is 0.136. The lowest BCUT2D eigenvalue weighted by atomic mass is 9.92. The Bertz CT molecular complexity index is 946. The van der Waals surface area contributed by atoms with Crippen LogP contribution in [0, 0.1) is 0 Å². The van der Waals surface area contributed by atoms with Crippen molar-refractivity contribution in [2.45, 2.75) is 13.3 Å². The highest BCUT2D eigenvalue weighted by Crippen LogP contribution is 2.40. The number of nitrogens with two attached hydrogens (primary N) is 1. The van der Waals surface area contributed by atoms with Crippen LogP contribution in [0.1, 0.15) is 24.5 Å². The molecular weight excluding hydrogens is 343 g/mol. The van der Waals surface area contributed by atoms with Crippen molar-refractivity contribution in [3.8, 4) is 0 Å². The van der Waals surface area contributed by atoms with E-state index in [9.17, 15) is 9.18 Å². The van der Waals surface area contributed by atoms with Gasteiger partial charge in [-0.05, 0) is 36.3 Å². The van der Waals surface area contributed by atoms with Crippen molar-refractivity contribution in [2.75, 3.05) is 11.4 Å². The van der Waals surface area contributed by atoms with Gasteiger partial charge in [-0.2, -0.15) is 0 Å². The fourth-order valence-electron chi connectivity index (χ4n) is 3.23. The lowest BCUT2D eigenvalue weighted by Crippen LogP contribution is -2.26. The average Bonchev–Trinajstić information content (AvgIpc) is 2.68. The van der Waals surface area contributed by atoms with Gasteiger partial charge in [0.15, 0.2) is 11.5 Å². The molecule has 1 heterocycles. The molecule has 4 nitrogen and oxygen atoms in total. The standard InChI is InChI=1S/C22H21FN2O2/c1-2-25-17(12-15-8-4-3-5-9-15)13-16(14-19(23)21(24)22(26)27)18-10-6-7-11-20(18)25/h3-12,14H,2,13,24H2,1H3,(H,26,27). The molecule has 0 radical (unpaired) electrons. The molecule has 2 aromatic rings. The Kier molecular flexibility index (Phi) is 5.41. The molecule has 0 atom stereocenters. The summed E-state index contributed by atoms with van der Waals surface area (Å²) in [6, 6.07) is 17.6. The number of nitrogens with zero attached hydrogens (tertiary/aromatic N) is 1. The largest absolute Gasteiger partial charge is 0.477 e. The maximum absolute atomic E-state index is 14.3. The summed E-state index contributed by atoms with van der Waals surface area (Å²) in [5.41, 5.74) is 9.14. The monoisotopic (exact) mass is 364 g/mol. The maximum atomic E-state index is 14.3. The molecule has 27 heavy (non-hydrogen) atoms. The van der Waals surface area contributed by atoms with Crippen LogP contribution in [0.2, 0.25) is 0 Å². The van der Waals surface area contributed by atoms with Crippen molar-refractivity contribution in [3.05, 3.63) is 89.0 Å². The SMILES string of the molecule is CCN1C(=Cc2ccccc2)CC(=CC(F)=C(N)C(=O)O)c2ccccc21. The summed E-state index contributed by atoms with van der Waals surface area (Å²) in [5, 5.41) is 8.93. The zero-order chi connectivity index (χ0) is 19.4. The molecule has 2 aromatic carbocycles. The second kappa shape index (κ2) is 7.91. The number of carboxylic acid groups (broad SMARTS) is 1. The number of allylic oxidation sites excluding steroid dienone is 3. The van der Waals surface area contributed by atoms with E-state index in [1.54, 1.807) is 0 Å². The maximum Gasteiger partial charge on any atom is 0.354 e. The van der Waals surface area contributed by atoms with E-state index < -0.39 is 17.5 Å². The Hall–Kier alpha value is -3.34. The third-order valence-corrected chi connectivity index (χ3v) is 4.50. The summed E-state index contributed by atoms with van der Waals surface area (Å²) in [7, 11) is 0. The van der Waals surface area contributed by atoms with Gasteiger partial charge in [-0.1, -0.05) is 48.5 Å². The first-order valence-corrected chi connectivity index (χ1v) is 8.73. The Morgan fingerprint density at radius 1 is 1.19 bits per heavy atom. The van der Waals surface area contributed by atoms with Crippen LogP contribution in [-0.2, 0) is 4.79 Å². The Morgan fingerprint density at radius 3 is 2.52 bits per heavy atom. The number of halogens is 1. The van der Waals surface area contributed by atoms with Crippen molar-refractivity contribution < 1.29 is 14.3 Å². The first-order valence-electron chi connectivity index (χ1n) is 8.73. The first kappa shape index (κ1) is 18.5. The van der Waals surface area contributed by atoms with Gasteiger partial charge in [0.05, 0.1) is 0 Å². The second-order valence-electron chi connectivity index (χ2n) is 6.22. The van der Waals surface area contributed by atoms with Gasteiger partial charge in [0.1, 0.15) is 0 Å². The van der Waals surface area contributed by atoms with Gasteiger partial charge >= 0.3 is 5.97 Å². The molecule has 0 aromatic heterocycles. The Labute approximate surface area is 157 Å². The minimum atomic E-state index is -1.47. The van der Waals surface area contributed by atoms with E-state index in [0.717, 1.165) is 29.1 Å². The van der Waals surface area contributed by atoms with Gasteiger partial charge < -0.3 is 15.7 Å². The van der Waals surface area contributed by atoms with Gasteiger partial charge in [0.25, 0.3) is 0 Å². The second-order valence-corrected chi connectivity index (χ2v) is 6.22. The molecule has 0 unspecified atom stereocenters. The summed E-state index contributed by atoms with van der Waals surface area (Å²) >= 11 is 0. The number of fused-ring (bicyclic) bond motifs is 1. The summed E-state index contributed by atoms with van der Waals surface area (Å²) < 4.78 is 14.3. The van der Waals surface area contributed by atoms with E-state index in [1.165, 1.54) is 6.08 Å². The number of aliphatic carboxylic acids is 1. The fourth-order valence-corrected chi connectivity index (χ4v) is 3.23. The van der Waals surface area contributed by atoms with Crippen LogP contribution in [0.4, 0.5) is 10.1 Å². The molecule has 0 fully saturated rings. The van der Waals surface area contributed by atoms with E-state index in [1.807, 2.05) is 54.6 Å². The van der Waals surface area contributed by atoms with Gasteiger partial charge in [0, 0.05) is 29.9 Å². The highest BCUT2D eigenvalue weighted by Gasteiger charge is 2.24. The molecule has 3 N–H and O–H groups in total. The minimum Gasteiger partial charge on any atom is -0.477 e. The minimum absolute atomic E-state index is 0.472. The quantitative estimate of drug-likeness (QED) is 0.780. The number of hydrogen-bond acceptors (Lipinski definition) is 3. The third kappa shape index (κ3) is 3.92. The van der Waals surface area contributed by atoms with Crippen molar-refractivity contribution in [1.82, 2.24) is 0 Å². The summed E-state index contributed by atoms with van der Waals surface area (Å²) in [5.74, 6) is -2.40. The van der Waals surface area contributed by atoms with E-state index in [4.69, 9.17) is 10.8 Å². The molecule has 0 spiro atoms. The molecule has 0 aliphatic carbocycles. The van der Waals surface area contributed by atoms with E-state index in [0.29, 0.717) is 12.0 Å². The molecule has 5 heteroatoms. The van der Waals surface area contributed by atoms with Crippen LogP contribution in [-0.4, -0.2) is 17.6 Å². The molecule has 0 bridgehead atoms. The van der Waals surface area contributed by atoms with Crippen LogP contribution in [0.15, 0.2) is 77.9 Å². The average molecular weight is 364 g/mol. The van der Waals surface area contributed by atoms with Crippen molar-refractivity contribution in [1.29, 1.82) is 0 Å². The lowest BCUT2D eigenvalue weighted by molar-refractivity contribution is -0.132. The predicted molar refractivity (Wildman–Crippen MR) is 106 cm³/mol. The highest BCUT2D eigenvalue weighted by atomic mass is 19.1. The topological polar surface area (TPSA) is 66.6 Å². The molecular formula is C22H21FN2O2. The summed E-state index contributed by atoms with van der Waals surface area (Å²) in [6.45, 7) is 2.83. The van der Waals surface area contributed by atoms with E-state index >= 15 is 0 Å². The van der Waals surface area contributed by atoms with Gasteiger partial charge in [-0.25, -0.2) is 9.18 Å². The number of carboxylic acids is 1. The number of rotatable bonds is 4. The molecule has 1 aliphatic heterocycles. The molecule has 0 saturated heterocycles. The third-order valence-electron chi connectivity index (χ3n) is 4.50. The highest BCUT2D eigenvalue weighted by molar-refractivity contribution is 5.89. The van der Waals surface area contributed by atoms with E-state index in [-0.39, 0.29) is 0 Å². The number of carbonyl (C=O) groups is 1. The zero-order valence-corrected chi connectivity index (χ0v) is 15.0. The van der Waals surface area contributed by atoms with Gasteiger partial charge in [-0.15, -0.1) is 0 Å². The molecule has 0 amide bonds. The van der Waals surface area contributed by atoms with Crippen LogP contribution < -0.4 is 10.6 Å². The molecule has 0 saturated carbocycles. The predicted octanol–water partition coefficient (Wildman–Crippen LogP) is 4.57. The molecule has 3 rings (SSSR count). The van der Waals surface area contributed by atoms with Crippen LogP contribution in [0.5, 0.6) is 0 Å². The van der Waals surface area contributed by atoms with Crippen LogP contribution in [0.25, 0.3) is 11.6 Å². The van der Waals surface area contributed by atoms with Gasteiger partial charge in [0.2, 0.25) is 0 Å². The lowest BCUT2D eigenvalue weighted by Gasteiger charge is -2.34. The Balaban J connectivity index is 2.14. The normalized spacial score (nSPS) is 17.6. The molecule has 138 valence electrons. The van der Waals surface area contributed by atoms with E-state index in [2.05, 4.69) is 17.9 Å². The number of hydrogen-bond donors (Lipinski definition) is 2. The van der Waals surface area contributed by atoms with Crippen LogP contribution in [0.3, 0.4) is 0 Å². The number of benzene rings is 2. The van der Waals surface area contributed by atoms with Crippen molar-refractivity contribution >= 4 is 23.3 Å².